The van der Waals surface area contributed by atoms with E-state index in [0.29, 0.717) is 29.2 Å². The number of ether oxygens (including phenoxy) is 3. The van der Waals surface area contributed by atoms with Crippen LogP contribution in [0.5, 0.6) is 17.2 Å². The summed E-state index contributed by atoms with van der Waals surface area (Å²) >= 11 is 0. The van der Waals surface area contributed by atoms with Crippen molar-refractivity contribution in [1.82, 2.24) is 5.32 Å². The molecule has 8 heteroatoms. The lowest BCUT2D eigenvalue weighted by Crippen LogP contribution is -2.33. The molecule has 0 aromatic heterocycles. The quantitative estimate of drug-likeness (QED) is 0.476. The first-order chi connectivity index (χ1) is 16.0. The first-order valence-electron chi connectivity index (χ1n) is 10.2. The molecule has 1 unspecified atom stereocenters. The third kappa shape index (κ3) is 6.68. The Morgan fingerprint density at radius 1 is 0.970 bits per heavy atom. The normalized spacial score (nSPS) is 11.4. The number of nitriles is 1. The standard InChI is InChI=1S/C25H22F2N2O4/c1-2-31-22-14-17(15-28)8-13-21(22)32-16-23(30)29-24(18-6-4-3-5-7-18)19-9-11-20(12-10-19)33-25(26)27/h3-14,24-25H,2,16H2,1H3,(H,29,30). The number of nitrogens with zero attached hydrogens (tertiary/aromatic N) is 1. The van der Waals surface area contributed by atoms with Gasteiger partial charge >= 0.3 is 6.61 Å². The van der Waals surface area contributed by atoms with Crippen LogP contribution in [-0.2, 0) is 4.79 Å². The molecule has 0 heterocycles. The molecule has 1 N–H and O–H groups in total. The van der Waals surface area contributed by atoms with Crippen LogP contribution >= 0.6 is 0 Å². The highest BCUT2D eigenvalue weighted by Crippen LogP contribution is 2.29. The molecule has 6 nitrogen and oxygen atoms in total. The Bertz CT molecular complexity index is 1100. The zero-order chi connectivity index (χ0) is 23.6. The van der Waals surface area contributed by atoms with E-state index in [2.05, 4.69) is 10.1 Å². The largest absolute Gasteiger partial charge is 0.490 e. The van der Waals surface area contributed by atoms with Gasteiger partial charge in [0, 0.05) is 6.07 Å². The maximum absolute atomic E-state index is 12.7. The van der Waals surface area contributed by atoms with Crippen LogP contribution in [0.1, 0.15) is 29.7 Å². The second-order valence-corrected chi connectivity index (χ2v) is 6.85. The maximum Gasteiger partial charge on any atom is 0.387 e. The number of carbonyl (C=O) groups is 1. The Hall–Kier alpha value is -4.12. The minimum absolute atomic E-state index is 0.0273. The highest BCUT2D eigenvalue weighted by Gasteiger charge is 2.18. The van der Waals surface area contributed by atoms with Crippen LogP contribution in [0.3, 0.4) is 0 Å². The molecule has 3 aromatic carbocycles. The van der Waals surface area contributed by atoms with Crippen molar-refractivity contribution in [3.63, 3.8) is 0 Å². The van der Waals surface area contributed by atoms with Crippen molar-refractivity contribution < 1.29 is 27.8 Å². The van der Waals surface area contributed by atoms with E-state index in [-0.39, 0.29) is 12.4 Å². The summed E-state index contributed by atoms with van der Waals surface area (Å²) in [5, 5.41) is 12.0. The van der Waals surface area contributed by atoms with Crippen LogP contribution in [0, 0.1) is 11.3 Å². The second-order valence-electron chi connectivity index (χ2n) is 6.85. The summed E-state index contributed by atoms with van der Waals surface area (Å²) < 4.78 is 40.4. The summed E-state index contributed by atoms with van der Waals surface area (Å²) in [4.78, 5) is 12.7. The fraction of sp³-hybridized carbons (Fsp3) is 0.200. The van der Waals surface area contributed by atoms with Gasteiger partial charge in [0.15, 0.2) is 18.1 Å². The number of rotatable bonds is 10. The predicted molar refractivity (Wildman–Crippen MR) is 117 cm³/mol. The number of hydrogen-bond donors (Lipinski definition) is 1. The Morgan fingerprint density at radius 2 is 1.67 bits per heavy atom. The van der Waals surface area contributed by atoms with E-state index in [4.69, 9.17) is 14.7 Å². The molecule has 170 valence electrons. The van der Waals surface area contributed by atoms with Crippen molar-refractivity contribution in [1.29, 1.82) is 5.26 Å². The van der Waals surface area contributed by atoms with Crippen molar-refractivity contribution >= 4 is 5.91 Å². The molecule has 33 heavy (non-hydrogen) atoms. The van der Waals surface area contributed by atoms with Crippen LogP contribution in [0.15, 0.2) is 72.8 Å². The molecular weight excluding hydrogens is 430 g/mol. The van der Waals surface area contributed by atoms with Gasteiger partial charge in [0.05, 0.1) is 24.3 Å². The fourth-order valence-corrected chi connectivity index (χ4v) is 3.16. The molecule has 0 aliphatic heterocycles. The molecule has 0 bridgehead atoms. The minimum atomic E-state index is -2.92. The number of nitrogens with one attached hydrogen (secondary N) is 1. The predicted octanol–water partition coefficient (Wildman–Crippen LogP) is 4.84. The van der Waals surface area contributed by atoms with Gasteiger partial charge in [0.2, 0.25) is 0 Å². The van der Waals surface area contributed by atoms with Gasteiger partial charge in [-0.1, -0.05) is 42.5 Å². The second kappa shape index (κ2) is 11.5. The molecule has 1 amide bonds. The number of hydrogen-bond acceptors (Lipinski definition) is 5. The summed E-state index contributed by atoms with van der Waals surface area (Å²) in [7, 11) is 0. The van der Waals surface area contributed by atoms with Gasteiger partial charge in [-0.3, -0.25) is 4.79 Å². The molecule has 3 rings (SSSR count). The van der Waals surface area contributed by atoms with Gasteiger partial charge < -0.3 is 19.5 Å². The summed E-state index contributed by atoms with van der Waals surface area (Å²) in [5.74, 6) is 0.345. The van der Waals surface area contributed by atoms with Gasteiger partial charge in [-0.15, -0.1) is 0 Å². The highest BCUT2D eigenvalue weighted by molar-refractivity contribution is 5.78. The van der Waals surface area contributed by atoms with E-state index in [0.717, 1.165) is 5.56 Å². The molecule has 0 fully saturated rings. The number of carbonyl (C=O) groups excluding carboxylic acids is 1. The zero-order valence-electron chi connectivity index (χ0n) is 17.8. The van der Waals surface area contributed by atoms with Gasteiger partial charge in [-0.25, -0.2) is 0 Å². The van der Waals surface area contributed by atoms with Gasteiger partial charge in [0.25, 0.3) is 5.91 Å². The van der Waals surface area contributed by atoms with Crippen molar-refractivity contribution in [3.8, 4) is 23.3 Å². The van der Waals surface area contributed by atoms with E-state index < -0.39 is 18.6 Å². The monoisotopic (exact) mass is 452 g/mol. The lowest BCUT2D eigenvalue weighted by atomic mass is 9.98. The minimum Gasteiger partial charge on any atom is -0.490 e. The van der Waals surface area contributed by atoms with Gasteiger partial charge in [0.1, 0.15) is 5.75 Å². The van der Waals surface area contributed by atoms with Crippen LogP contribution in [-0.4, -0.2) is 25.7 Å². The molecule has 0 aliphatic rings. The highest BCUT2D eigenvalue weighted by atomic mass is 19.3. The third-order valence-corrected chi connectivity index (χ3v) is 4.61. The lowest BCUT2D eigenvalue weighted by molar-refractivity contribution is -0.123. The van der Waals surface area contributed by atoms with Crippen LogP contribution in [0.2, 0.25) is 0 Å². The van der Waals surface area contributed by atoms with Crippen molar-refractivity contribution in [2.24, 2.45) is 0 Å². The molecule has 3 aromatic rings. The van der Waals surface area contributed by atoms with E-state index in [1.165, 1.54) is 12.1 Å². The van der Waals surface area contributed by atoms with Crippen molar-refractivity contribution in [2.75, 3.05) is 13.2 Å². The van der Waals surface area contributed by atoms with Crippen LogP contribution in [0.4, 0.5) is 8.78 Å². The van der Waals surface area contributed by atoms with Gasteiger partial charge in [-0.2, -0.15) is 14.0 Å². The van der Waals surface area contributed by atoms with Crippen molar-refractivity contribution in [2.45, 2.75) is 19.6 Å². The van der Waals surface area contributed by atoms with E-state index in [1.54, 1.807) is 37.3 Å². The first-order valence-corrected chi connectivity index (χ1v) is 10.2. The number of benzene rings is 3. The van der Waals surface area contributed by atoms with E-state index in [9.17, 15) is 13.6 Å². The molecule has 1 atom stereocenters. The average molecular weight is 452 g/mol. The van der Waals surface area contributed by atoms with Crippen molar-refractivity contribution in [3.05, 3.63) is 89.5 Å². The molecule has 0 saturated heterocycles. The lowest BCUT2D eigenvalue weighted by Gasteiger charge is -2.21. The molecule has 0 spiro atoms. The summed E-state index contributed by atoms with van der Waals surface area (Å²) in [6.07, 6.45) is 0. The first kappa shape index (κ1) is 23.5. The Labute approximate surface area is 190 Å². The zero-order valence-corrected chi connectivity index (χ0v) is 17.8. The molecular formula is C25H22F2N2O4. The average Bonchev–Trinajstić information content (AvgIpc) is 2.82. The van der Waals surface area contributed by atoms with Gasteiger partial charge in [-0.05, 0) is 42.3 Å². The number of amides is 1. The maximum atomic E-state index is 12.7. The third-order valence-electron chi connectivity index (χ3n) is 4.61. The number of alkyl halides is 2. The fourth-order valence-electron chi connectivity index (χ4n) is 3.16. The van der Waals surface area contributed by atoms with E-state index >= 15 is 0 Å². The Morgan fingerprint density at radius 3 is 2.30 bits per heavy atom. The summed E-state index contributed by atoms with van der Waals surface area (Å²) in [6.45, 7) is -1.03. The van der Waals surface area contributed by atoms with Crippen LogP contribution in [0.25, 0.3) is 0 Å². The SMILES string of the molecule is CCOc1cc(C#N)ccc1OCC(=O)NC(c1ccccc1)c1ccc(OC(F)F)cc1. The van der Waals surface area contributed by atoms with Crippen LogP contribution < -0.4 is 19.5 Å². The summed E-state index contributed by atoms with van der Waals surface area (Å²) in [5.41, 5.74) is 1.91. The molecule has 0 saturated carbocycles. The Kier molecular flexibility index (Phi) is 8.19. The molecule has 0 radical (unpaired) electrons. The topological polar surface area (TPSA) is 80.6 Å². The van der Waals surface area contributed by atoms with E-state index in [1.807, 2.05) is 36.4 Å². The smallest absolute Gasteiger partial charge is 0.387 e. The summed E-state index contributed by atoms with van der Waals surface area (Å²) in [6, 6.07) is 21.5. The number of halogens is 2. The Balaban J connectivity index is 1.74. The molecule has 0 aliphatic carbocycles.